The van der Waals surface area contributed by atoms with Crippen molar-refractivity contribution in [2.75, 3.05) is 0 Å². The summed E-state index contributed by atoms with van der Waals surface area (Å²) < 4.78 is 0. The van der Waals surface area contributed by atoms with Crippen molar-refractivity contribution in [1.82, 2.24) is 30.4 Å². The van der Waals surface area contributed by atoms with Crippen LogP contribution >= 0.6 is 0 Å². The summed E-state index contributed by atoms with van der Waals surface area (Å²) >= 11 is 0. The Labute approximate surface area is 170 Å². The van der Waals surface area contributed by atoms with Crippen molar-refractivity contribution in [3.05, 3.63) is 34.9 Å². The van der Waals surface area contributed by atoms with E-state index in [4.69, 9.17) is 4.98 Å². The minimum absolute atomic E-state index is 0.105. The molecule has 0 aliphatic rings. The monoisotopic (exact) mass is 384 g/mol. The molecule has 0 unspecified atom stereocenters. The van der Waals surface area contributed by atoms with Crippen LogP contribution in [0.5, 0.6) is 0 Å². The van der Waals surface area contributed by atoms with Crippen LogP contribution in [-0.2, 0) is 28.1 Å². The molecule has 154 valence electrons. The molecule has 0 N–H and O–H groups in total. The van der Waals surface area contributed by atoms with E-state index in [-0.39, 0.29) is 21.7 Å². The summed E-state index contributed by atoms with van der Waals surface area (Å²) in [4.78, 5) is 9.57. The number of rotatable bonds is 3. The van der Waals surface area contributed by atoms with Gasteiger partial charge in [-0.3, -0.25) is 0 Å². The quantitative estimate of drug-likeness (QED) is 0.777. The third kappa shape index (κ3) is 4.89. The predicted molar refractivity (Wildman–Crippen MR) is 112 cm³/mol. The standard InChI is InChI=1S/C22H36N6/c1-19(2,3)15-16(20(4,5)6)28-26-14(25-15)12-22(10,11)18-17(21(7,8)9)27-24-13-23-18/h13H,12H2,1-11H3. The van der Waals surface area contributed by atoms with Crippen LogP contribution in [0, 0.1) is 0 Å². The maximum absolute atomic E-state index is 4.98. The van der Waals surface area contributed by atoms with Crippen LogP contribution < -0.4 is 0 Å². The van der Waals surface area contributed by atoms with Crippen molar-refractivity contribution in [1.29, 1.82) is 0 Å². The summed E-state index contributed by atoms with van der Waals surface area (Å²) in [7, 11) is 0. The molecule has 0 bridgehead atoms. The molecule has 0 saturated carbocycles. The maximum Gasteiger partial charge on any atom is 0.152 e. The number of aromatic nitrogens is 6. The molecular formula is C22H36N6. The molecule has 2 aromatic rings. The normalized spacial score (nSPS) is 13.7. The maximum atomic E-state index is 4.98. The molecule has 0 aliphatic heterocycles. The molecule has 28 heavy (non-hydrogen) atoms. The molecule has 0 spiro atoms. The average Bonchev–Trinajstić information content (AvgIpc) is 2.52. The van der Waals surface area contributed by atoms with E-state index in [1.165, 1.54) is 6.33 Å². The smallest absolute Gasteiger partial charge is 0.152 e. The van der Waals surface area contributed by atoms with Crippen LogP contribution in [0.4, 0.5) is 0 Å². The second-order valence-corrected chi connectivity index (χ2v) is 11.4. The zero-order valence-electron chi connectivity index (χ0n) is 19.5. The molecule has 0 aromatic carbocycles. The van der Waals surface area contributed by atoms with Crippen molar-refractivity contribution in [3.8, 4) is 0 Å². The van der Waals surface area contributed by atoms with E-state index in [2.05, 4.69) is 102 Å². The SMILES string of the molecule is CC(C)(C)c1nnc(CC(C)(C)c2ncnnc2C(C)(C)C)nc1C(C)(C)C. The van der Waals surface area contributed by atoms with Crippen LogP contribution in [0.1, 0.15) is 105 Å². The molecule has 0 atom stereocenters. The van der Waals surface area contributed by atoms with Crippen LogP contribution in [0.2, 0.25) is 0 Å². The topological polar surface area (TPSA) is 77.3 Å². The highest BCUT2D eigenvalue weighted by molar-refractivity contribution is 5.28. The summed E-state index contributed by atoms with van der Waals surface area (Å²) in [6.45, 7) is 23.7. The highest BCUT2D eigenvalue weighted by Gasteiger charge is 2.34. The van der Waals surface area contributed by atoms with Gasteiger partial charge in [0, 0.05) is 28.1 Å². The van der Waals surface area contributed by atoms with Gasteiger partial charge in [-0.15, -0.1) is 10.2 Å². The fraction of sp³-hybridized carbons (Fsp3) is 0.727. The van der Waals surface area contributed by atoms with Crippen LogP contribution in [-0.4, -0.2) is 30.4 Å². The molecule has 0 aliphatic carbocycles. The van der Waals surface area contributed by atoms with Crippen molar-refractivity contribution < 1.29 is 0 Å². The molecule has 6 nitrogen and oxygen atoms in total. The van der Waals surface area contributed by atoms with Crippen molar-refractivity contribution in [2.24, 2.45) is 0 Å². The first-order chi connectivity index (χ1) is 12.5. The summed E-state index contributed by atoms with van der Waals surface area (Å²) in [6, 6.07) is 0. The largest absolute Gasteiger partial charge is 0.237 e. The van der Waals surface area contributed by atoms with E-state index in [1.807, 2.05) is 0 Å². The Hall–Kier alpha value is -1.98. The molecule has 2 rings (SSSR count). The van der Waals surface area contributed by atoms with E-state index in [1.54, 1.807) is 0 Å². The Balaban J connectivity index is 2.51. The van der Waals surface area contributed by atoms with Crippen molar-refractivity contribution in [3.63, 3.8) is 0 Å². The lowest BCUT2D eigenvalue weighted by Gasteiger charge is -2.30. The van der Waals surface area contributed by atoms with Gasteiger partial charge in [0.05, 0.1) is 22.8 Å². The van der Waals surface area contributed by atoms with E-state index in [9.17, 15) is 0 Å². The van der Waals surface area contributed by atoms with Crippen LogP contribution in [0.25, 0.3) is 0 Å². The average molecular weight is 385 g/mol. The minimum atomic E-state index is -0.293. The third-order valence-corrected chi connectivity index (χ3v) is 4.72. The Bertz CT molecular complexity index is 835. The number of hydrogen-bond acceptors (Lipinski definition) is 6. The summed E-state index contributed by atoms with van der Waals surface area (Å²) in [5, 5.41) is 17.5. The molecule has 2 heterocycles. The van der Waals surface area contributed by atoms with Gasteiger partial charge in [-0.05, 0) is 0 Å². The summed E-state index contributed by atoms with van der Waals surface area (Å²) in [6.07, 6.45) is 2.16. The van der Waals surface area contributed by atoms with Gasteiger partial charge in [0.1, 0.15) is 6.33 Å². The van der Waals surface area contributed by atoms with E-state index >= 15 is 0 Å². The first kappa shape index (κ1) is 22.3. The lowest BCUT2D eigenvalue weighted by molar-refractivity contribution is 0.434. The Morgan fingerprint density at radius 3 is 1.61 bits per heavy atom. The summed E-state index contributed by atoms with van der Waals surface area (Å²) in [5.41, 5.74) is 3.18. The van der Waals surface area contributed by atoms with Gasteiger partial charge in [-0.1, -0.05) is 76.2 Å². The third-order valence-electron chi connectivity index (χ3n) is 4.72. The molecule has 6 heteroatoms. The van der Waals surface area contributed by atoms with Gasteiger partial charge >= 0.3 is 0 Å². The highest BCUT2D eigenvalue weighted by Crippen LogP contribution is 2.34. The van der Waals surface area contributed by atoms with Crippen molar-refractivity contribution >= 4 is 0 Å². The number of hydrogen-bond donors (Lipinski definition) is 0. The van der Waals surface area contributed by atoms with Gasteiger partial charge in [-0.2, -0.15) is 10.2 Å². The Morgan fingerprint density at radius 2 is 1.11 bits per heavy atom. The van der Waals surface area contributed by atoms with E-state index in [0.717, 1.165) is 28.6 Å². The Morgan fingerprint density at radius 1 is 0.607 bits per heavy atom. The predicted octanol–water partition coefficient (Wildman–Crippen LogP) is 4.47. The molecule has 0 radical (unpaired) electrons. The highest BCUT2D eigenvalue weighted by atomic mass is 15.2. The van der Waals surface area contributed by atoms with E-state index < -0.39 is 0 Å². The lowest BCUT2D eigenvalue weighted by Crippen LogP contribution is -2.32. The molecule has 0 saturated heterocycles. The molecule has 2 aromatic heterocycles. The first-order valence-corrected chi connectivity index (χ1v) is 9.97. The zero-order valence-corrected chi connectivity index (χ0v) is 19.5. The van der Waals surface area contributed by atoms with E-state index in [0.29, 0.717) is 6.42 Å². The van der Waals surface area contributed by atoms with Crippen LogP contribution in [0.15, 0.2) is 6.33 Å². The van der Waals surface area contributed by atoms with Crippen LogP contribution in [0.3, 0.4) is 0 Å². The van der Waals surface area contributed by atoms with Gasteiger partial charge in [-0.25, -0.2) is 9.97 Å². The van der Waals surface area contributed by atoms with Gasteiger partial charge in [0.25, 0.3) is 0 Å². The molecular weight excluding hydrogens is 348 g/mol. The molecule has 0 fully saturated rings. The second kappa shape index (κ2) is 7.12. The lowest BCUT2D eigenvalue weighted by atomic mass is 9.78. The minimum Gasteiger partial charge on any atom is -0.237 e. The fourth-order valence-electron chi connectivity index (χ4n) is 3.22. The summed E-state index contributed by atoms with van der Waals surface area (Å²) in [5.74, 6) is 0.737. The fourth-order valence-corrected chi connectivity index (χ4v) is 3.22. The molecule has 0 amide bonds. The van der Waals surface area contributed by atoms with Gasteiger partial charge in [0.15, 0.2) is 5.82 Å². The van der Waals surface area contributed by atoms with Crippen molar-refractivity contribution in [2.45, 2.75) is 104 Å². The van der Waals surface area contributed by atoms with Gasteiger partial charge in [0.2, 0.25) is 0 Å². The number of nitrogens with zero attached hydrogens (tertiary/aromatic N) is 6. The second-order valence-electron chi connectivity index (χ2n) is 11.4. The van der Waals surface area contributed by atoms with Gasteiger partial charge < -0.3 is 0 Å². The zero-order chi connectivity index (χ0) is 21.5. The Kier molecular flexibility index (Phi) is 5.68. The first-order valence-electron chi connectivity index (χ1n) is 9.97.